The number of rotatable bonds is 6. The van der Waals surface area contributed by atoms with E-state index in [9.17, 15) is 0 Å². The normalized spacial score (nSPS) is 12.0. The fourth-order valence-corrected chi connectivity index (χ4v) is 7.41. The van der Waals surface area contributed by atoms with Crippen molar-refractivity contribution in [2.45, 2.75) is 6.92 Å². The van der Waals surface area contributed by atoms with E-state index in [4.69, 9.17) is 4.53 Å². The summed E-state index contributed by atoms with van der Waals surface area (Å²) in [6, 6.07) is 31.3. The Bertz CT molecular complexity index is 939. The van der Waals surface area contributed by atoms with Gasteiger partial charge in [0.15, 0.2) is 0 Å². The zero-order chi connectivity index (χ0) is 19.2. The second-order valence-electron chi connectivity index (χ2n) is 6.38. The van der Waals surface area contributed by atoms with Crippen molar-refractivity contribution in [3.63, 3.8) is 0 Å². The summed E-state index contributed by atoms with van der Waals surface area (Å²) in [4.78, 5) is 4.36. The van der Waals surface area contributed by atoms with Crippen LogP contribution in [0.3, 0.4) is 0 Å². The van der Waals surface area contributed by atoms with Gasteiger partial charge in [0.05, 0.1) is 0 Å². The Morgan fingerprint density at radius 3 is 1.64 bits per heavy atom. The maximum Gasteiger partial charge on any atom is 0.380 e. The van der Waals surface area contributed by atoms with E-state index in [1.54, 1.807) is 17.5 Å². The lowest BCUT2D eigenvalue weighted by Gasteiger charge is -2.30. The quantitative estimate of drug-likeness (QED) is 0.215. The first-order valence-corrected chi connectivity index (χ1v) is 11.9. The summed E-state index contributed by atoms with van der Waals surface area (Å²) in [5.74, 6) is 0. The molecule has 3 nitrogen and oxygen atoms in total. The lowest BCUT2D eigenvalue weighted by atomic mass is 10.3. The minimum atomic E-state index is -2.81. The Morgan fingerprint density at radius 1 is 0.786 bits per heavy atom. The van der Waals surface area contributed by atoms with Gasteiger partial charge in [0.25, 0.3) is 0 Å². The van der Waals surface area contributed by atoms with Crippen molar-refractivity contribution in [3.8, 4) is 0 Å². The second-order valence-corrected chi connectivity index (χ2v) is 10.6. The zero-order valence-corrected chi connectivity index (χ0v) is 17.3. The molecule has 5 heteroatoms. The molecule has 0 aliphatic carbocycles. The van der Waals surface area contributed by atoms with Crippen molar-refractivity contribution in [3.05, 3.63) is 108 Å². The molecule has 1 heterocycles. The molecular weight excluding hydrogens is 380 g/mol. The van der Waals surface area contributed by atoms with Gasteiger partial charge in [-0.05, 0) is 22.5 Å². The van der Waals surface area contributed by atoms with Gasteiger partial charge in [-0.25, -0.2) is 4.98 Å². The van der Waals surface area contributed by atoms with E-state index in [0.29, 0.717) is 0 Å². The average molecular weight is 401 g/mol. The molecule has 0 aliphatic rings. The molecule has 28 heavy (non-hydrogen) atoms. The lowest BCUT2D eigenvalue weighted by Crippen LogP contribution is -2.68. The van der Waals surface area contributed by atoms with Crippen LogP contribution in [0.15, 0.2) is 108 Å². The predicted octanol–water partition coefficient (Wildman–Crippen LogP) is 3.55. The van der Waals surface area contributed by atoms with E-state index in [-0.39, 0.29) is 0 Å². The highest BCUT2D eigenvalue weighted by atomic mass is 32.1. The maximum atomic E-state index is 6.57. The first-order chi connectivity index (χ1) is 13.8. The van der Waals surface area contributed by atoms with Crippen molar-refractivity contribution < 1.29 is 4.53 Å². The van der Waals surface area contributed by atoms with Crippen molar-refractivity contribution in [2.75, 3.05) is 0 Å². The summed E-state index contributed by atoms with van der Waals surface area (Å²) >= 11 is 1.56. The number of hydrogen-bond donors (Lipinski definition) is 0. The van der Waals surface area contributed by atoms with E-state index in [1.807, 2.05) is 30.5 Å². The molecule has 0 bridgehead atoms. The van der Waals surface area contributed by atoms with Gasteiger partial charge in [0, 0.05) is 11.6 Å². The van der Waals surface area contributed by atoms with E-state index in [0.717, 1.165) is 26.3 Å². The molecule has 0 spiro atoms. The van der Waals surface area contributed by atoms with Crippen molar-refractivity contribution in [2.24, 2.45) is 5.16 Å². The Kier molecular flexibility index (Phi) is 5.46. The molecule has 0 saturated carbocycles. The van der Waals surface area contributed by atoms with Gasteiger partial charge in [-0.2, -0.15) is 0 Å². The van der Waals surface area contributed by atoms with Gasteiger partial charge in [0.2, 0.25) is 0 Å². The van der Waals surface area contributed by atoms with Crippen LogP contribution in [-0.4, -0.2) is 19.0 Å². The standard InChI is InChI=1S/C23H20N2OSSi/c1-19(23-24-17-18-27-23)25-26-28(20-11-5-2-6-12-20,21-13-7-3-8-14-21)22-15-9-4-10-16-22/h2-18H,1H3. The molecule has 3 aromatic carbocycles. The Morgan fingerprint density at radius 2 is 1.25 bits per heavy atom. The first-order valence-electron chi connectivity index (χ1n) is 9.10. The highest BCUT2D eigenvalue weighted by molar-refractivity contribution is 7.11. The summed E-state index contributed by atoms with van der Waals surface area (Å²) in [6.45, 7) is 1.94. The monoisotopic (exact) mass is 400 g/mol. The third kappa shape index (κ3) is 3.54. The minimum Gasteiger partial charge on any atom is -0.438 e. The fraction of sp³-hybridized carbons (Fsp3) is 0.0435. The van der Waals surface area contributed by atoms with Crippen LogP contribution in [0.25, 0.3) is 0 Å². The lowest BCUT2D eigenvalue weighted by molar-refractivity contribution is 0.349. The molecular formula is C23H20N2OSSi. The molecule has 0 amide bonds. The van der Waals surface area contributed by atoms with Crippen LogP contribution in [0.2, 0.25) is 0 Å². The number of aromatic nitrogens is 1. The zero-order valence-electron chi connectivity index (χ0n) is 15.5. The van der Waals surface area contributed by atoms with Gasteiger partial charge in [0.1, 0.15) is 10.7 Å². The SMILES string of the molecule is CC(=NO[Si](c1ccccc1)(c1ccccc1)c1ccccc1)c1nccs1. The molecule has 0 radical (unpaired) electrons. The van der Waals surface area contributed by atoms with E-state index in [2.05, 4.69) is 82.9 Å². The smallest absolute Gasteiger partial charge is 0.380 e. The summed E-state index contributed by atoms with van der Waals surface area (Å²) in [5, 5.41) is 10.9. The number of benzene rings is 3. The topological polar surface area (TPSA) is 34.5 Å². The first kappa shape index (κ1) is 18.3. The Hall–Kier alpha value is -3.02. The molecule has 4 aromatic rings. The molecule has 1 aromatic heterocycles. The molecule has 0 aliphatic heterocycles. The van der Waals surface area contributed by atoms with Crippen molar-refractivity contribution in [1.29, 1.82) is 0 Å². The number of thiazole rings is 1. The number of hydrogen-bond acceptors (Lipinski definition) is 4. The summed E-state index contributed by atoms with van der Waals surface area (Å²) in [5.41, 5.74) is 0.787. The van der Waals surface area contributed by atoms with E-state index in [1.165, 1.54) is 0 Å². The third-order valence-corrected chi connectivity index (χ3v) is 9.29. The van der Waals surface area contributed by atoms with Crippen LogP contribution >= 0.6 is 11.3 Å². The Balaban J connectivity index is 1.92. The molecule has 138 valence electrons. The summed E-state index contributed by atoms with van der Waals surface area (Å²) in [7, 11) is -2.81. The van der Waals surface area contributed by atoms with Crippen LogP contribution < -0.4 is 15.6 Å². The minimum absolute atomic E-state index is 0.787. The van der Waals surface area contributed by atoms with Crippen LogP contribution in [0, 0.1) is 0 Å². The van der Waals surface area contributed by atoms with Crippen LogP contribution in [0.5, 0.6) is 0 Å². The van der Waals surface area contributed by atoms with Gasteiger partial charge < -0.3 is 4.53 Å². The van der Waals surface area contributed by atoms with Gasteiger partial charge in [-0.3, -0.25) is 0 Å². The molecule has 0 fully saturated rings. The average Bonchev–Trinajstić information content (AvgIpc) is 3.31. The molecule has 0 saturated heterocycles. The predicted molar refractivity (Wildman–Crippen MR) is 119 cm³/mol. The summed E-state index contributed by atoms with van der Waals surface area (Å²) < 4.78 is 6.57. The van der Waals surface area contributed by atoms with Gasteiger partial charge in [-0.1, -0.05) is 91.0 Å². The van der Waals surface area contributed by atoms with Crippen molar-refractivity contribution >= 4 is 40.9 Å². The second kappa shape index (κ2) is 8.33. The number of nitrogens with zero attached hydrogens (tertiary/aromatic N) is 2. The summed E-state index contributed by atoms with van der Waals surface area (Å²) in [6.07, 6.45) is 1.79. The van der Waals surface area contributed by atoms with E-state index >= 15 is 0 Å². The van der Waals surface area contributed by atoms with Crippen LogP contribution in [-0.2, 0) is 4.53 Å². The highest BCUT2D eigenvalue weighted by Crippen LogP contribution is 2.12. The molecule has 0 N–H and O–H groups in total. The number of oxime groups is 1. The van der Waals surface area contributed by atoms with Gasteiger partial charge in [-0.15, -0.1) is 16.5 Å². The van der Waals surface area contributed by atoms with E-state index < -0.39 is 8.32 Å². The van der Waals surface area contributed by atoms with Crippen LogP contribution in [0.1, 0.15) is 11.9 Å². The Labute approximate surface area is 170 Å². The van der Waals surface area contributed by atoms with Gasteiger partial charge >= 0.3 is 8.32 Å². The fourth-order valence-electron chi connectivity index (χ4n) is 3.25. The third-order valence-electron chi connectivity index (χ3n) is 4.60. The molecule has 0 unspecified atom stereocenters. The van der Waals surface area contributed by atoms with Crippen LogP contribution in [0.4, 0.5) is 0 Å². The highest BCUT2D eigenvalue weighted by Gasteiger charge is 2.44. The maximum absolute atomic E-state index is 6.57. The molecule has 0 atom stereocenters. The largest absolute Gasteiger partial charge is 0.438 e. The molecule has 4 rings (SSSR count). The van der Waals surface area contributed by atoms with Crippen molar-refractivity contribution in [1.82, 2.24) is 4.98 Å².